The number of aliphatic hydroxyl groups excluding tert-OH is 16. The smallest absolute Gasteiger partial charge is 0.421 e. The van der Waals surface area contributed by atoms with Crippen LogP contribution in [-0.4, -0.2) is 237 Å². The second-order valence-electron chi connectivity index (χ2n) is 10.4. The molecule has 53 heavy (non-hydrogen) atoms. The standard InChI is InChI=1S/C24H36O28Si/c25-1-5(29)9(33)13(37)17(41)21(45)49-53(50-22(46)18(42)14(38)10(34)6(30)2-26,51-23(47)19(43)15(39)11(35)7(31)3-27)52-24(48)20(44)16(40)12(36)8(32)4-28/h1-20,29-44H/t5-,6-,7-,8-,9-,10-,11-,12-,13+,14+,15+,16+,17+,18+,19+,20+/m1/s1. The Morgan fingerprint density at radius 1 is 0.321 bits per heavy atom. The first-order valence-electron chi connectivity index (χ1n) is 14.0. The van der Waals surface area contributed by atoms with Gasteiger partial charge in [0.05, 0.1) is 0 Å². The van der Waals surface area contributed by atoms with Gasteiger partial charge in [0.1, 0.15) is 73.2 Å². The lowest BCUT2D eigenvalue weighted by atomic mass is 10.0. The molecule has 16 N–H and O–H groups in total. The van der Waals surface area contributed by atoms with Crippen molar-refractivity contribution >= 4 is 58.1 Å². The molecule has 0 aromatic rings. The Labute approximate surface area is 293 Å². The van der Waals surface area contributed by atoms with Gasteiger partial charge in [0.2, 0.25) is 0 Å². The summed E-state index contributed by atoms with van der Waals surface area (Å²) in [4.78, 5) is 94.4. The third-order valence-electron chi connectivity index (χ3n) is 6.52. The molecule has 0 rings (SSSR count). The summed E-state index contributed by atoms with van der Waals surface area (Å²) in [6.07, 6.45) is -48.9. The van der Waals surface area contributed by atoms with Crippen molar-refractivity contribution in [2.75, 3.05) is 0 Å². The third-order valence-corrected chi connectivity index (χ3v) is 8.32. The van der Waals surface area contributed by atoms with Gasteiger partial charge in [0.25, 0.3) is 0 Å². The van der Waals surface area contributed by atoms with E-state index in [1.54, 1.807) is 0 Å². The highest BCUT2D eigenvalue weighted by atomic mass is 28.4. The Morgan fingerprint density at radius 3 is 0.604 bits per heavy atom. The van der Waals surface area contributed by atoms with Crippen LogP contribution in [0.5, 0.6) is 0 Å². The van der Waals surface area contributed by atoms with Gasteiger partial charge in [-0.05, 0) is 0 Å². The lowest BCUT2D eigenvalue weighted by Gasteiger charge is -2.31. The Kier molecular flexibility index (Phi) is 20.2. The van der Waals surface area contributed by atoms with E-state index >= 15 is 0 Å². The Bertz CT molecular complexity index is 1080. The maximum absolute atomic E-state index is 12.9. The zero-order valence-corrected chi connectivity index (χ0v) is 27.1. The van der Waals surface area contributed by atoms with Crippen molar-refractivity contribution in [3.63, 3.8) is 0 Å². The molecule has 0 aliphatic heterocycles. The fourth-order valence-corrected chi connectivity index (χ4v) is 5.01. The molecule has 0 aliphatic rings. The molecule has 0 fully saturated rings. The molecule has 0 saturated carbocycles. The molecule has 0 unspecified atom stereocenters. The SMILES string of the molecule is O=C[C@@H](O)[C@@H](O)[C@H](O)[C@H](O)C(=O)O[Si](OC(=O)[C@@H](O)[C@@H](O)[C@H](O)[C@H](O)C=O)(OC(=O)[C@@H](O)[C@@H](O)[C@H](O)[C@H](O)C=O)OC(=O)[C@@H](O)[C@@H](O)[C@H](O)[C@H](O)C=O. The zero-order chi connectivity index (χ0) is 41.7. The molecule has 0 aromatic heterocycles. The van der Waals surface area contributed by atoms with Crippen LogP contribution in [0.25, 0.3) is 0 Å². The van der Waals surface area contributed by atoms with E-state index in [0.29, 0.717) is 0 Å². The molecule has 0 amide bonds. The summed E-state index contributed by atoms with van der Waals surface area (Å²) in [5, 5.41) is 157. The van der Waals surface area contributed by atoms with Crippen LogP contribution < -0.4 is 0 Å². The molecule has 0 heterocycles. The molecule has 304 valence electrons. The van der Waals surface area contributed by atoms with Crippen molar-refractivity contribution in [1.82, 2.24) is 0 Å². The van der Waals surface area contributed by atoms with Gasteiger partial charge in [-0.2, -0.15) is 0 Å². The van der Waals surface area contributed by atoms with Crippen molar-refractivity contribution in [2.24, 2.45) is 0 Å². The van der Waals surface area contributed by atoms with Crippen LogP contribution in [0.4, 0.5) is 0 Å². The Hall–Kier alpha value is -3.86. The first kappa shape index (κ1) is 49.1. The number of hydrogen-bond donors (Lipinski definition) is 16. The largest absolute Gasteiger partial charge is 0.975 e. The predicted octanol–water partition coefficient (Wildman–Crippen LogP) is -13.8. The van der Waals surface area contributed by atoms with Crippen LogP contribution in [0.1, 0.15) is 0 Å². The second-order valence-corrected chi connectivity index (χ2v) is 12.2. The highest BCUT2D eigenvalue weighted by molar-refractivity contribution is 6.61. The lowest BCUT2D eigenvalue weighted by Crippen LogP contribution is -2.62. The number of carbonyl (C=O) groups excluding carboxylic acids is 8. The number of rotatable bonds is 24. The maximum atomic E-state index is 12.9. The van der Waals surface area contributed by atoms with Crippen LogP contribution in [0.3, 0.4) is 0 Å². The molecule has 16 atom stereocenters. The van der Waals surface area contributed by atoms with Gasteiger partial charge in [-0.15, -0.1) is 0 Å². The molecule has 0 aromatic carbocycles. The average Bonchev–Trinajstić information content (AvgIpc) is 3.15. The minimum atomic E-state index is -7.10. The van der Waals surface area contributed by atoms with E-state index < -0.39 is 156 Å². The van der Waals surface area contributed by atoms with Crippen molar-refractivity contribution in [3.8, 4) is 0 Å². The third kappa shape index (κ3) is 13.2. The van der Waals surface area contributed by atoms with Crippen LogP contribution in [0.15, 0.2) is 0 Å². The molecule has 0 bridgehead atoms. The van der Waals surface area contributed by atoms with E-state index in [9.17, 15) is 120 Å². The fourth-order valence-electron chi connectivity index (χ4n) is 3.29. The number of hydrogen-bond acceptors (Lipinski definition) is 28. The van der Waals surface area contributed by atoms with Crippen LogP contribution in [0, 0.1) is 0 Å². The minimum Gasteiger partial charge on any atom is -0.421 e. The van der Waals surface area contributed by atoms with Crippen molar-refractivity contribution < 1.29 is 138 Å². The molecule has 0 aliphatic carbocycles. The first-order chi connectivity index (χ1) is 24.4. The van der Waals surface area contributed by atoms with Gasteiger partial charge in [-0.3, -0.25) is 19.2 Å². The second kappa shape index (κ2) is 21.7. The Morgan fingerprint density at radius 2 is 0.472 bits per heavy atom. The highest BCUT2D eigenvalue weighted by Gasteiger charge is 2.66. The van der Waals surface area contributed by atoms with E-state index in [4.69, 9.17) is 0 Å². The van der Waals surface area contributed by atoms with E-state index in [1.165, 1.54) is 0 Å². The van der Waals surface area contributed by atoms with Gasteiger partial charge in [0.15, 0.2) is 49.6 Å². The van der Waals surface area contributed by atoms with Crippen molar-refractivity contribution in [2.45, 2.75) is 97.7 Å². The quantitative estimate of drug-likeness (QED) is 0.0318. The monoisotopic (exact) mass is 800 g/mol. The van der Waals surface area contributed by atoms with E-state index in [1.807, 2.05) is 0 Å². The molecular weight excluding hydrogens is 764 g/mol. The van der Waals surface area contributed by atoms with Crippen molar-refractivity contribution in [1.29, 1.82) is 0 Å². The van der Waals surface area contributed by atoms with Crippen LogP contribution in [0.2, 0.25) is 0 Å². The minimum absolute atomic E-state index is 0.454. The first-order valence-corrected chi connectivity index (χ1v) is 15.6. The van der Waals surface area contributed by atoms with Gasteiger partial charge < -0.3 is 119 Å². The lowest BCUT2D eigenvalue weighted by molar-refractivity contribution is -0.189. The van der Waals surface area contributed by atoms with Gasteiger partial charge >= 0.3 is 32.9 Å². The van der Waals surface area contributed by atoms with Gasteiger partial charge in [-0.1, -0.05) is 0 Å². The fraction of sp³-hybridized carbons (Fsp3) is 0.667. The van der Waals surface area contributed by atoms with Crippen LogP contribution >= 0.6 is 0 Å². The number of carbonyl (C=O) groups is 8. The molecule has 0 radical (unpaired) electrons. The average molecular weight is 801 g/mol. The van der Waals surface area contributed by atoms with Gasteiger partial charge in [0, 0.05) is 0 Å². The van der Waals surface area contributed by atoms with Crippen molar-refractivity contribution in [3.05, 3.63) is 0 Å². The highest BCUT2D eigenvalue weighted by Crippen LogP contribution is 2.22. The van der Waals surface area contributed by atoms with Crippen LogP contribution in [-0.2, 0) is 56.1 Å². The Balaban J connectivity index is 7.41. The number of aliphatic hydroxyl groups is 16. The number of aldehydes is 4. The summed E-state index contributed by atoms with van der Waals surface area (Å²) < 4.78 is 17.5. The zero-order valence-electron chi connectivity index (χ0n) is 26.1. The van der Waals surface area contributed by atoms with E-state index in [0.717, 1.165) is 0 Å². The maximum Gasteiger partial charge on any atom is 0.975 e. The molecule has 29 heteroatoms. The normalized spacial score (nSPS) is 21.0. The molecule has 0 saturated heterocycles. The van der Waals surface area contributed by atoms with E-state index in [-0.39, 0.29) is 0 Å². The molecule has 28 nitrogen and oxygen atoms in total. The summed E-state index contributed by atoms with van der Waals surface area (Å²) in [5.74, 6) is -10.6. The topological polar surface area (TPSA) is 497 Å². The summed E-state index contributed by atoms with van der Waals surface area (Å²) in [7, 11) is -7.10. The summed E-state index contributed by atoms with van der Waals surface area (Å²) >= 11 is 0. The summed E-state index contributed by atoms with van der Waals surface area (Å²) in [6.45, 7) is 0. The predicted molar refractivity (Wildman–Crippen MR) is 150 cm³/mol. The van der Waals surface area contributed by atoms with Gasteiger partial charge in [-0.25, -0.2) is 0 Å². The van der Waals surface area contributed by atoms with E-state index in [2.05, 4.69) is 17.7 Å². The summed E-state index contributed by atoms with van der Waals surface area (Å²) in [6, 6.07) is 0. The molecular formula is C24H36O28Si. The molecule has 0 spiro atoms. The summed E-state index contributed by atoms with van der Waals surface area (Å²) in [5.41, 5.74) is 0.